The van der Waals surface area contributed by atoms with Crippen LogP contribution in [0.2, 0.25) is 0 Å². The summed E-state index contributed by atoms with van der Waals surface area (Å²) in [6, 6.07) is 9.92. The van der Waals surface area contributed by atoms with Crippen LogP contribution >= 0.6 is 0 Å². The molecule has 1 aliphatic rings. The van der Waals surface area contributed by atoms with Crippen LogP contribution in [0, 0.1) is 23.2 Å². The van der Waals surface area contributed by atoms with Crippen molar-refractivity contribution in [2.24, 2.45) is 11.8 Å². The van der Waals surface area contributed by atoms with Gasteiger partial charge in [0.25, 0.3) is 0 Å². The summed E-state index contributed by atoms with van der Waals surface area (Å²) in [6.07, 6.45) is 3.49. The maximum Gasteiger partial charge on any atom is 0.306 e. The Hall–Kier alpha value is -2.02. The zero-order valence-electron chi connectivity index (χ0n) is 12.5. The number of carbonyl (C=O) groups is 1. The molecule has 0 radical (unpaired) electrons. The predicted octanol–water partition coefficient (Wildman–Crippen LogP) is 3.28. The number of rotatable bonds is 5. The molecule has 1 aliphatic heterocycles. The topological polar surface area (TPSA) is 64.3 Å². The van der Waals surface area contributed by atoms with E-state index in [0.717, 1.165) is 38.0 Å². The van der Waals surface area contributed by atoms with Gasteiger partial charge in [-0.1, -0.05) is 19.1 Å². The number of carboxylic acids is 1. The van der Waals surface area contributed by atoms with Gasteiger partial charge in [-0.3, -0.25) is 4.79 Å². The Kier molecular flexibility index (Phi) is 5.21. The molecule has 1 N–H and O–H groups in total. The van der Waals surface area contributed by atoms with E-state index in [2.05, 4.69) is 11.0 Å². The van der Waals surface area contributed by atoms with Crippen molar-refractivity contribution in [2.45, 2.75) is 32.6 Å². The largest absolute Gasteiger partial charge is 0.481 e. The number of carboxylic acid groups (broad SMARTS) is 1. The number of nitrogens with zero attached hydrogens (tertiary/aromatic N) is 2. The van der Waals surface area contributed by atoms with E-state index in [-0.39, 0.29) is 5.92 Å². The van der Waals surface area contributed by atoms with Crippen molar-refractivity contribution < 1.29 is 9.90 Å². The first-order chi connectivity index (χ1) is 10.2. The molecule has 1 aromatic carbocycles. The molecule has 2 rings (SSSR count). The number of hydrogen-bond acceptors (Lipinski definition) is 3. The Morgan fingerprint density at radius 2 is 2.10 bits per heavy atom. The first-order valence-electron chi connectivity index (χ1n) is 7.62. The van der Waals surface area contributed by atoms with Crippen molar-refractivity contribution in [3.63, 3.8) is 0 Å². The second-order valence-electron chi connectivity index (χ2n) is 5.74. The molecule has 0 spiro atoms. The van der Waals surface area contributed by atoms with Crippen LogP contribution in [0.1, 0.15) is 38.2 Å². The van der Waals surface area contributed by atoms with Gasteiger partial charge in [-0.2, -0.15) is 5.26 Å². The van der Waals surface area contributed by atoms with Gasteiger partial charge >= 0.3 is 5.97 Å². The minimum Gasteiger partial charge on any atom is -0.481 e. The molecule has 4 heteroatoms. The van der Waals surface area contributed by atoms with Crippen LogP contribution in [0.3, 0.4) is 0 Å². The first kappa shape index (κ1) is 15.4. The van der Waals surface area contributed by atoms with Crippen LogP contribution in [-0.2, 0) is 4.79 Å². The zero-order chi connectivity index (χ0) is 15.2. The zero-order valence-corrected chi connectivity index (χ0v) is 12.5. The highest BCUT2D eigenvalue weighted by Crippen LogP contribution is 2.30. The number of aliphatic carboxylic acids is 1. The van der Waals surface area contributed by atoms with Gasteiger partial charge in [0.15, 0.2) is 0 Å². The van der Waals surface area contributed by atoms with Gasteiger partial charge < -0.3 is 10.0 Å². The summed E-state index contributed by atoms with van der Waals surface area (Å²) >= 11 is 0. The minimum atomic E-state index is -0.672. The van der Waals surface area contributed by atoms with Crippen LogP contribution in [0.5, 0.6) is 0 Å². The third kappa shape index (κ3) is 3.75. The molecule has 1 atom stereocenters. The van der Waals surface area contributed by atoms with Gasteiger partial charge in [0.05, 0.1) is 17.2 Å². The smallest absolute Gasteiger partial charge is 0.306 e. The SMILES string of the molecule is CCC(CC1CCN(c2ccccc2C#N)CC1)C(=O)O. The van der Waals surface area contributed by atoms with Crippen molar-refractivity contribution in [3.05, 3.63) is 29.8 Å². The third-order valence-corrected chi connectivity index (χ3v) is 4.44. The molecule has 21 heavy (non-hydrogen) atoms. The molecule has 0 saturated carbocycles. The fourth-order valence-electron chi connectivity index (χ4n) is 3.10. The molecule has 0 aliphatic carbocycles. The van der Waals surface area contributed by atoms with Crippen LogP contribution in [-0.4, -0.2) is 24.2 Å². The molecule has 0 amide bonds. The third-order valence-electron chi connectivity index (χ3n) is 4.44. The van der Waals surface area contributed by atoms with E-state index >= 15 is 0 Å². The maximum atomic E-state index is 11.1. The normalized spacial score (nSPS) is 17.2. The number of hydrogen-bond donors (Lipinski definition) is 1. The molecule has 0 bridgehead atoms. The van der Waals surface area contributed by atoms with Gasteiger partial charge in [-0.15, -0.1) is 0 Å². The molecule has 0 aromatic heterocycles. The van der Waals surface area contributed by atoms with E-state index in [0.29, 0.717) is 17.9 Å². The second-order valence-corrected chi connectivity index (χ2v) is 5.74. The Morgan fingerprint density at radius 3 is 2.67 bits per heavy atom. The summed E-state index contributed by atoms with van der Waals surface area (Å²) in [5.41, 5.74) is 1.72. The summed E-state index contributed by atoms with van der Waals surface area (Å²) in [5, 5.41) is 18.3. The fourth-order valence-corrected chi connectivity index (χ4v) is 3.10. The van der Waals surface area contributed by atoms with Gasteiger partial charge in [0, 0.05) is 13.1 Å². The molecule has 1 saturated heterocycles. The maximum absolute atomic E-state index is 11.1. The summed E-state index contributed by atoms with van der Waals surface area (Å²) in [6.45, 7) is 3.75. The molecule has 1 unspecified atom stereocenters. The Morgan fingerprint density at radius 1 is 1.43 bits per heavy atom. The number of anilines is 1. The first-order valence-corrected chi connectivity index (χ1v) is 7.62. The Labute approximate surface area is 126 Å². The van der Waals surface area contributed by atoms with E-state index in [9.17, 15) is 10.1 Å². The molecular weight excluding hydrogens is 264 g/mol. The van der Waals surface area contributed by atoms with Crippen LogP contribution < -0.4 is 4.90 Å². The Balaban J connectivity index is 1.94. The predicted molar refractivity (Wildman–Crippen MR) is 82.1 cm³/mol. The van der Waals surface area contributed by atoms with E-state index in [4.69, 9.17) is 5.11 Å². The summed E-state index contributed by atoms with van der Waals surface area (Å²) in [5.74, 6) is -0.403. The molecule has 1 heterocycles. The summed E-state index contributed by atoms with van der Waals surface area (Å²) in [7, 11) is 0. The molecule has 1 aromatic rings. The van der Waals surface area contributed by atoms with Crippen LogP contribution in [0.15, 0.2) is 24.3 Å². The van der Waals surface area contributed by atoms with Gasteiger partial charge in [0.2, 0.25) is 0 Å². The summed E-state index contributed by atoms with van der Waals surface area (Å²) in [4.78, 5) is 13.4. The molecular formula is C17H22N2O2. The highest BCUT2D eigenvalue weighted by atomic mass is 16.4. The lowest BCUT2D eigenvalue weighted by molar-refractivity contribution is -0.142. The average Bonchev–Trinajstić information content (AvgIpc) is 2.52. The molecule has 1 fully saturated rings. The highest BCUT2D eigenvalue weighted by Gasteiger charge is 2.25. The van der Waals surface area contributed by atoms with Crippen LogP contribution in [0.4, 0.5) is 5.69 Å². The van der Waals surface area contributed by atoms with Gasteiger partial charge in [-0.25, -0.2) is 0 Å². The van der Waals surface area contributed by atoms with Gasteiger partial charge in [0.1, 0.15) is 6.07 Å². The lowest BCUT2D eigenvalue weighted by Gasteiger charge is -2.34. The van der Waals surface area contributed by atoms with Crippen molar-refractivity contribution in [3.8, 4) is 6.07 Å². The standard InChI is InChI=1S/C17H22N2O2/c1-2-14(17(20)21)11-13-7-9-19(10-8-13)16-6-4-3-5-15(16)12-18/h3-6,13-14H,2,7-11H2,1H3,(H,20,21). The van der Waals surface area contributed by atoms with Crippen molar-refractivity contribution in [2.75, 3.05) is 18.0 Å². The fraction of sp³-hybridized carbons (Fsp3) is 0.529. The number of benzene rings is 1. The average molecular weight is 286 g/mol. The van der Waals surface area contributed by atoms with E-state index in [1.807, 2.05) is 31.2 Å². The highest BCUT2D eigenvalue weighted by molar-refractivity contribution is 5.69. The lowest BCUT2D eigenvalue weighted by atomic mass is 9.86. The summed E-state index contributed by atoms with van der Waals surface area (Å²) < 4.78 is 0. The van der Waals surface area contributed by atoms with E-state index < -0.39 is 5.97 Å². The van der Waals surface area contributed by atoms with Crippen molar-refractivity contribution in [1.29, 1.82) is 5.26 Å². The lowest BCUT2D eigenvalue weighted by Crippen LogP contribution is -2.35. The quantitative estimate of drug-likeness (QED) is 0.902. The number of para-hydroxylation sites is 1. The van der Waals surface area contributed by atoms with Crippen LogP contribution in [0.25, 0.3) is 0 Å². The van der Waals surface area contributed by atoms with Crippen molar-refractivity contribution >= 4 is 11.7 Å². The Bertz CT molecular complexity index is 528. The second kappa shape index (κ2) is 7.12. The number of piperidine rings is 1. The monoisotopic (exact) mass is 286 g/mol. The van der Waals surface area contributed by atoms with Crippen molar-refractivity contribution in [1.82, 2.24) is 0 Å². The molecule has 4 nitrogen and oxygen atoms in total. The van der Waals surface area contributed by atoms with Gasteiger partial charge in [-0.05, 0) is 43.7 Å². The molecule has 112 valence electrons. The minimum absolute atomic E-state index is 0.215. The van der Waals surface area contributed by atoms with E-state index in [1.165, 1.54) is 0 Å². The number of nitriles is 1. The van der Waals surface area contributed by atoms with E-state index in [1.54, 1.807) is 0 Å².